The van der Waals surface area contributed by atoms with E-state index in [9.17, 15) is 8.42 Å². The van der Waals surface area contributed by atoms with E-state index in [-0.39, 0.29) is 16.5 Å². The van der Waals surface area contributed by atoms with Gasteiger partial charge in [-0.15, -0.1) is 0 Å². The summed E-state index contributed by atoms with van der Waals surface area (Å²) >= 11 is 11.8. The normalized spacial score (nSPS) is 11.8. The zero-order valence-corrected chi connectivity index (χ0v) is 13.0. The average Bonchev–Trinajstić information content (AvgIpc) is 2.86. The van der Waals surface area contributed by atoms with E-state index >= 15 is 0 Å². The van der Waals surface area contributed by atoms with Gasteiger partial charge in [0, 0.05) is 11.6 Å². The lowest BCUT2D eigenvalue weighted by Crippen LogP contribution is -2.26. The van der Waals surface area contributed by atoms with E-state index in [2.05, 4.69) is 4.72 Å². The predicted molar refractivity (Wildman–Crippen MR) is 78.8 cm³/mol. The van der Waals surface area contributed by atoms with Crippen LogP contribution in [0, 0.1) is 6.92 Å². The monoisotopic (exact) mass is 333 g/mol. The van der Waals surface area contributed by atoms with Gasteiger partial charge < -0.3 is 4.42 Å². The third kappa shape index (κ3) is 3.55. The number of aryl methyl sites for hydroxylation is 1. The Morgan fingerprint density at radius 2 is 2.00 bits per heavy atom. The highest BCUT2D eigenvalue weighted by atomic mass is 35.5. The highest BCUT2D eigenvalue weighted by Gasteiger charge is 2.18. The third-order valence-electron chi connectivity index (χ3n) is 2.79. The molecule has 7 heteroatoms. The van der Waals surface area contributed by atoms with Gasteiger partial charge in [0.15, 0.2) is 0 Å². The smallest absolute Gasteiger partial charge is 0.242 e. The SMILES string of the molecule is Cc1cc(S(=O)(=O)NCCc2ccoc2)c(Cl)cc1Cl. The lowest BCUT2D eigenvalue weighted by atomic mass is 10.2. The second-order valence-electron chi connectivity index (χ2n) is 4.31. The van der Waals surface area contributed by atoms with Crippen molar-refractivity contribution in [2.75, 3.05) is 6.54 Å². The molecule has 1 N–H and O–H groups in total. The summed E-state index contributed by atoms with van der Waals surface area (Å²) in [6.07, 6.45) is 3.66. The molecule has 0 amide bonds. The number of sulfonamides is 1. The molecule has 0 saturated carbocycles. The van der Waals surface area contributed by atoms with Gasteiger partial charge in [-0.1, -0.05) is 23.2 Å². The van der Waals surface area contributed by atoms with Gasteiger partial charge in [-0.3, -0.25) is 0 Å². The second-order valence-corrected chi connectivity index (χ2v) is 6.86. The molecule has 0 saturated heterocycles. The fraction of sp³-hybridized carbons (Fsp3) is 0.231. The van der Waals surface area contributed by atoms with Crippen LogP contribution in [0.25, 0.3) is 0 Å². The molecular weight excluding hydrogens is 321 g/mol. The molecule has 0 spiro atoms. The number of rotatable bonds is 5. The van der Waals surface area contributed by atoms with Crippen molar-refractivity contribution in [3.05, 3.63) is 51.9 Å². The van der Waals surface area contributed by atoms with Crippen molar-refractivity contribution < 1.29 is 12.8 Å². The minimum atomic E-state index is -3.65. The number of halogens is 2. The summed E-state index contributed by atoms with van der Waals surface area (Å²) in [6.45, 7) is 1.99. The first kappa shape index (κ1) is 15.4. The Morgan fingerprint density at radius 1 is 1.25 bits per heavy atom. The largest absolute Gasteiger partial charge is 0.472 e. The Bertz CT molecular complexity index is 697. The molecule has 0 atom stereocenters. The Kier molecular flexibility index (Phi) is 4.75. The van der Waals surface area contributed by atoms with E-state index in [0.717, 1.165) is 5.56 Å². The molecule has 0 aliphatic rings. The molecule has 0 radical (unpaired) electrons. The molecule has 20 heavy (non-hydrogen) atoms. The molecular formula is C13H13Cl2NO3S. The molecule has 0 aliphatic carbocycles. The zero-order valence-electron chi connectivity index (χ0n) is 10.7. The topological polar surface area (TPSA) is 59.3 Å². The summed E-state index contributed by atoms with van der Waals surface area (Å²) in [5.74, 6) is 0. The second kappa shape index (κ2) is 6.18. The standard InChI is InChI=1S/C13H13Cl2NO3S/c1-9-6-13(12(15)7-11(9)14)20(17,18)16-4-2-10-3-5-19-8-10/h3,5-8,16H,2,4H2,1H3. The molecule has 0 aliphatic heterocycles. The van der Waals surface area contributed by atoms with Gasteiger partial charge in [-0.25, -0.2) is 13.1 Å². The molecule has 1 heterocycles. The number of nitrogens with one attached hydrogen (secondary N) is 1. The molecule has 0 bridgehead atoms. The van der Waals surface area contributed by atoms with Crippen molar-refractivity contribution in [1.82, 2.24) is 4.72 Å². The maximum atomic E-state index is 12.2. The summed E-state index contributed by atoms with van der Waals surface area (Å²) < 4.78 is 31.8. The lowest BCUT2D eigenvalue weighted by molar-refractivity contribution is 0.562. The quantitative estimate of drug-likeness (QED) is 0.911. The van der Waals surface area contributed by atoms with Crippen LogP contribution in [0.2, 0.25) is 10.0 Å². The minimum Gasteiger partial charge on any atom is -0.472 e. The first-order valence-electron chi connectivity index (χ1n) is 5.86. The van der Waals surface area contributed by atoms with E-state index in [4.69, 9.17) is 27.6 Å². The number of hydrogen-bond donors (Lipinski definition) is 1. The van der Waals surface area contributed by atoms with Crippen molar-refractivity contribution in [2.45, 2.75) is 18.2 Å². The first-order chi connectivity index (χ1) is 9.40. The number of furan rings is 1. The first-order valence-corrected chi connectivity index (χ1v) is 8.10. The molecule has 1 aromatic heterocycles. The Morgan fingerprint density at radius 3 is 2.65 bits per heavy atom. The molecule has 0 unspecified atom stereocenters. The van der Waals surface area contributed by atoms with Crippen LogP contribution in [0.1, 0.15) is 11.1 Å². The van der Waals surface area contributed by atoms with Crippen LogP contribution in [0.5, 0.6) is 0 Å². The number of hydrogen-bond acceptors (Lipinski definition) is 3. The van der Waals surface area contributed by atoms with Crippen molar-refractivity contribution in [3.63, 3.8) is 0 Å². The van der Waals surface area contributed by atoms with Crippen LogP contribution in [0.3, 0.4) is 0 Å². The highest BCUT2D eigenvalue weighted by molar-refractivity contribution is 7.89. The van der Waals surface area contributed by atoms with Crippen LogP contribution in [-0.2, 0) is 16.4 Å². The van der Waals surface area contributed by atoms with Gasteiger partial charge in [0.25, 0.3) is 0 Å². The molecule has 0 fully saturated rings. The third-order valence-corrected chi connectivity index (χ3v) is 5.12. The van der Waals surface area contributed by atoms with Crippen molar-refractivity contribution >= 4 is 33.2 Å². The van der Waals surface area contributed by atoms with Gasteiger partial charge in [0.1, 0.15) is 4.90 Å². The van der Waals surface area contributed by atoms with Crippen molar-refractivity contribution in [2.24, 2.45) is 0 Å². The van der Waals surface area contributed by atoms with Crippen molar-refractivity contribution in [1.29, 1.82) is 0 Å². The van der Waals surface area contributed by atoms with Gasteiger partial charge in [-0.05, 0) is 42.7 Å². The van der Waals surface area contributed by atoms with Gasteiger partial charge >= 0.3 is 0 Å². The van der Waals surface area contributed by atoms with E-state index in [1.807, 2.05) is 0 Å². The molecule has 2 aromatic rings. The van der Waals surface area contributed by atoms with Gasteiger partial charge in [0.05, 0.1) is 17.5 Å². The average molecular weight is 334 g/mol. The summed E-state index contributed by atoms with van der Waals surface area (Å²) in [6, 6.07) is 4.68. The summed E-state index contributed by atoms with van der Waals surface area (Å²) in [7, 11) is -3.65. The van der Waals surface area contributed by atoms with Crippen LogP contribution in [0.4, 0.5) is 0 Å². The maximum Gasteiger partial charge on any atom is 0.242 e. The van der Waals surface area contributed by atoms with E-state index < -0.39 is 10.0 Å². The van der Waals surface area contributed by atoms with Gasteiger partial charge in [0.2, 0.25) is 10.0 Å². The van der Waals surface area contributed by atoms with Crippen LogP contribution in [0.15, 0.2) is 40.0 Å². The minimum absolute atomic E-state index is 0.0354. The van der Waals surface area contributed by atoms with E-state index in [1.165, 1.54) is 12.1 Å². The molecule has 2 rings (SSSR count). The summed E-state index contributed by atoms with van der Waals surface area (Å²) in [4.78, 5) is 0.0354. The van der Waals surface area contributed by atoms with E-state index in [0.29, 0.717) is 17.0 Å². The summed E-state index contributed by atoms with van der Waals surface area (Å²) in [5, 5.41) is 0.545. The van der Waals surface area contributed by atoms with Gasteiger partial charge in [-0.2, -0.15) is 0 Å². The van der Waals surface area contributed by atoms with Crippen LogP contribution in [-0.4, -0.2) is 15.0 Å². The predicted octanol–water partition coefficient (Wildman–Crippen LogP) is 3.42. The van der Waals surface area contributed by atoms with Crippen molar-refractivity contribution in [3.8, 4) is 0 Å². The molecule has 4 nitrogen and oxygen atoms in total. The van der Waals surface area contributed by atoms with E-state index in [1.54, 1.807) is 25.5 Å². The zero-order chi connectivity index (χ0) is 14.8. The number of benzene rings is 1. The highest BCUT2D eigenvalue weighted by Crippen LogP contribution is 2.27. The fourth-order valence-corrected chi connectivity index (χ4v) is 3.54. The van der Waals surface area contributed by atoms with Crippen LogP contribution >= 0.6 is 23.2 Å². The Hall–Kier alpha value is -1.01. The maximum absolute atomic E-state index is 12.2. The molecule has 108 valence electrons. The lowest BCUT2D eigenvalue weighted by Gasteiger charge is -2.09. The molecule has 1 aromatic carbocycles. The Labute approximate surface area is 127 Å². The fourth-order valence-electron chi connectivity index (χ4n) is 1.68. The van der Waals surface area contributed by atoms with Crippen LogP contribution < -0.4 is 4.72 Å². The summed E-state index contributed by atoms with van der Waals surface area (Å²) in [5.41, 5.74) is 1.58. The Balaban J connectivity index is 2.12.